The summed E-state index contributed by atoms with van der Waals surface area (Å²) < 4.78 is 2.00. The molecule has 0 unspecified atom stereocenters. The lowest BCUT2D eigenvalue weighted by Crippen LogP contribution is -2.10. The number of unbranched alkanes of at least 4 members (excludes halogenated alkanes) is 1. The lowest BCUT2D eigenvalue weighted by Gasteiger charge is -2.00. The molecule has 0 aromatic carbocycles. The first-order valence-corrected chi connectivity index (χ1v) is 5.76. The average Bonchev–Trinajstić information content (AvgIpc) is 2.57. The summed E-state index contributed by atoms with van der Waals surface area (Å²) >= 11 is 0. The Morgan fingerprint density at radius 1 is 1.56 bits per heavy atom. The molecule has 0 fully saturated rings. The number of carbonyl (C=O) groups excluding carboxylic acids is 1. The van der Waals surface area contributed by atoms with Crippen molar-refractivity contribution in [1.82, 2.24) is 4.57 Å². The summed E-state index contributed by atoms with van der Waals surface area (Å²) in [5, 5.41) is 2.90. The molecule has 1 rings (SSSR count). The van der Waals surface area contributed by atoms with E-state index in [-0.39, 0.29) is 5.91 Å². The Morgan fingerprint density at radius 2 is 2.31 bits per heavy atom. The Hall–Kier alpha value is -1.51. The predicted molar refractivity (Wildman–Crippen MR) is 68.3 cm³/mol. The number of aromatic nitrogens is 1. The van der Waals surface area contributed by atoms with Crippen LogP contribution in [0.5, 0.6) is 0 Å². The second-order valence-corrected chi connectivity index (χ2v) is 3.92. The van der Waals surface area contributed by atoms with Gasteiger partial charge in [-0.05, 0) is 25.5 Å². The van der Waals surface area contributed by atoms with Gasteiger partial charge in [-0.15, -0.1) is 0 Å². The Labute approximate surface area is 97.2 Å². The summed E-state index contributed by atoms with van der Waals surface area (Å²) in [5.41, 5.74) is 1.96. The third-order valence-corrected chi connectivity index (χ3v) is 2.42. The van der Waals surface area contributed by atoms with Crippen LogP contribution in [0.3, 0.4) is 0 Å². The van der Waals surface area contributed by atoms with E-state index in [4.69, 9.17) is 0 Å². The van der Waals surface area contributed by atoms with E-state index in [2.05, 4.69) is 12.2 Å². The van der Waals surface area contributed by atoms with Gasteiger partial charge in [-0.3, -0.25) is 4.79 Å². The van der Waals surface area contributed by atoms with Crippen LogP contribution in [0, 0.1) is 0 Å². The molecular formula is C13H20N2O. The topological polar surface area (TPSA) is 34.0 Å². The lowest BCUT2D eigenvalue weighted by atomic mass is 10.2. The number of carbonyl (C=O) groups is 1. The quantitative estimate of drug-likeness (QED) is 0.812. The van der Waals surface area contributed by atoms with Crippen molar-refractivity contribution in [3.8, 4) is 0 Å². The summed E-state index contributed by atoms with van der Waals surface area (Å²) in [7, 11) is 1.97. The molecule has 0 atom stereocenters. The second-order valence-electron chi connectivity index (χ2n) is 3.92. The number of rotatable bonds is 5. The molecule has 1 N–H and O–H groups in total. The molecule has 0 radical (unpaired) electrons. The molecule has 3 heteroatoms. The van der Waals surface area contributed by atoms with Crippen molar-refractivity contribution in [2.45, 2.75) is 33.1 Å². The van der Waals surface area contributed by atoms with Crippen molar-refractivity contribution in [3.63, 3.8) is 0 Å². The number of hydrogen-bond donors (Lipinski definition) is 1. The molecule has 0 saturated carbocycles. The minimum Gasteiger partial charge on any atom is -0.349 e. The fourth-order valence-corrected chi connectivity index (χ4v) is 1.55. The zero-order valence-electron chi connectivity index (χ0n) is 10.3. The molecule has 1 aromatic heterocycles. The number of aryl methyl sites for hydroxylation is 1. The van der Waals surface area contributed by atoms with E-state index in [1.165, 1.54) is 0 Å². The van der Waals surface area contributed by atoms with Crippen molar-refractivity contribution < 1.29 is 4.79 Å². The number of allylic oxidation sites excluding steroid dienone is 1. The fourth-order valence-electron chi connectivity index (χ4n) is 1.55. The van der Waals surface area contributed by atoms with Crippen LogP contribution < -0.4 is 5.32 Å². The minimum absolute atomic E-state index is 0.0967. The first kappa shape index (κ1) is 12.6. The van der Waals surface area contributed by atoms with Crippen LogP contribution in [-0.2, 0) is 11.8 Å². The van der Waals surface area contributed by atoms with E-state index in [1.807, 2.05) is 43.0 Å². The predicted octanol–water partition coefficient (Wildman–Crippen LogP) is 3.19. The Morgan fingerprint density at radius 3 is 2.94 bits per heavy atom. The second kappa shape index (κ2) is 6.16. The van der Waals surface area contributed by atoms with Crippen LogP contribution in [0.25, 0.3) is 6.08 Å². The summed E-state index contributed by atoms with van der Waals surface area (Å²) in [6, 6.07) is 1.98. The molecule has 1 heterocycles. The van der Waals surface area contributed by atoms with Gasteiger partial charge in [0.1, 0.15) is 0 Å². The third-order valence-electron chi connectivity index (χ3n) is 2.42. The third kappa shape index (κ3) is 3.57. The van der Waals surface area contributed by atoms with E-state index in [1.54, 1.807) is 0 Å². The maximum Gasteiger partial charge on any atom is 0.224 e. The van der Waals surface area contributed by atoms with E-state index in [0.29, 0.717) is 6.42 Å². The first-order chi connectivity index (χ1) is 7.67. The molecule has 0 spiro atoms. The number of hydrogen-bond acceptors (Lipinski definition) is 1. The van der Waals surface area contributed by atoms with Crippen molar-refractivity contribution in [2.75, 3.05) is 5.32 Å². The lowest BCUT2D eigenvalue weighted by molar-refractivity contribution is -0.116. The van der Waals surface area contributed by atoms with Gasteiger partial charge >= 0.3 is 0 Å². The van der Waals surface area contributed by atoms with Crippen LogP contribution in [0.2, 0.25) is 0 Å². The van der Waals surface area contributed by atoms with Crippen molar-refractivity contribution in [1.29, 1.82) is 0 Å². The Kier molecular flexibility index (Phi) is 4.83. The average molecular weight is 220 g/mol. The van der Waals surface area contributed by atoms with Gasteiger partial charge in [-0.2, -0.15) is 0 Å². The maximum absolute atomic E-state index is 11.5. The molecule has 88 valence electrons. The summed E-state index contributed by atoms with van der Waals surface area (Å²) in [4.78, 5) is 11.5. The SMILES string of the molecule is C/C=C/c1cc(NC(=O)CCCC)cn1C. The van der Waals surface area contributed by atoms with E-state index < -0.39 is 0 Å². The smallest absolute Gasteiger partial charge is 0.224 e. The van der Waals surface area contributed by atoms with Crippen LogP contribution in [0.4, 0.5) is 5.69 Å². The zero-order chi connectivity index (χ0) is 12.0. The summed E-state index contributed by atoms with van der Waals surface area (Å²) in [5.74, 6) is 0.0967. The van der Waals surface area contributed by atoms with Gasteiger partial charge in [0.15, 0.2) is 0 Å². The van der Waals surface area contributed by atoms with Crippen molar-refractivity contribution in [3.05, 3.63) is 24.0 Å². The highest BCUT2D eigenvalue weighted by molar-refractivity contribution is 5.90. The summed E-state index contributed by atoms with van der Waals surface area (Å²) in [6.45, 7) is 4.06. The first-order valence-electron chi connectivity index (χ1n) is 5.76. The van der Waals surface area contributed by atoms with Crippen molar-refractivity contribution in [2.24, 2.45) is 7.05 Å². The molecule has 0 aliphatic rings. The molecule has 16 heavy (non-hydrogen) atoms. The normalized spacial score (nSPS) is 10.9. The molecule has 0 aliphatic heterocycles. The van der Waals surface area contributed by atoms with E-state index >= 15 is 0 Å². The van der Waals surface area contributed by atoms with Crippen LogP contribution in [-0.4, -0.2) is 10.5 Å². The number of nitrogens with one attached hydrogen (secondary N) is 1. The van der Waals surface area contributed by atoms with E-state index in [0.717, 1.165) is 24.2 Å². The molecule has 0 bridgehead atoms. The minimum atomic E-state index is 0.0967. The highest BCUT2D eigenvalue weighted by Gasteiger charge is 2.04. The van der Waals surface area contributed by atoms with Crippen molar-refractivity contribution >= 4 is 17.7 Å². The zero-order valence-corrected chi connectivity index (χ0v) is 10.3. The molecule has 0 saturated heterocycles. The summed E-state index contributed by atoms with van der Waals surface area (Å²) in [6.07, 6.45) is 8.52. The number of amides is 1. The highest BCUT2D eigenvalue weighted by atomic mass is 16.1. The molecule has 1 aromatic rings. The van der Waals surface area contributed by atoms with Gasteiger partial charge in [0.2, 0.25) is 5.91 Å². The number of anilines is 1. The maximum atomic E-state index is 11.5. The Balaban J connectivity index is 2.60. The monoisotopic (exact) mass is 220 g/mol. The van der Waals surface area contributed by atoms with Gasteiger partial charge in [0, 0.05) is 25.4 Å². The molecule has 0 aliphatic carbocycles. The fraction of sp³-hybridized carbons (Fsp3) is 0.462. The van der Waals surface area contributed by atoms with Crippen LogP contribution in [0.15, 0.2) is 18.3 Å². The van der Waals surface area contributed by atoms with Crippen LogP contribution >= 0.6 is 0 Å². The van der Waals surface area contributed by atoms with Gasteiger partial charge < -0.3 is 9.88 Å². The van der Waals surface area contributed by atoms with Gasteiger partial charge in [0.05, 0.1) is 5.69 Å². The Bertz CT molecular complexity index is 377. The molecule has 1 amide bonds. The highest BCUT2D eigenvalue weighted by Crippen LogP contribution is 2.14. The van der Waals surface area contributed by atoms with Gasteiger partial charge in [-0.25, -0.2) is 0 Å². The standard InChI is InChI=1S/C13H20N2O/c1-4-6-8-13(16)14-11-9-12(7-5-2)15(3)10-11/h5,7,9-10H,4,6,8H2,1-3H3,(H,14,16)/b7-5+. The van der Waals surface area contributed by atoms with Gasteiger partial charge in [0.25, 0.3) is 0 Å². The number of nitrogens with zero attached hydrogens (tertiary/aromatic N) is 1. The van der Waals surface area contributed by atoms with Crippen LogP contribution in [0.1, 0.15) is 38.8 Å². The van der Waals surface area contributed by atoms with E-state index in [9.17, 15) is 4.79 Å². The molecular weight excluding hydrogens is 200 g/mol. The molecule has 3 nitrogen and oxygen atoms in total. The van der Waals surface area contributed by atoms with Gasteiger partial charge in [-0.1, -0.05) is 19.4 Å². The largest absolute Gasteiger partial charge is 0.349 e.